The van der Waals surface area contributed by atoms with E-state index in [1.54, 1.807) is 11.9 Å². The summed E-state index contributed by atoms with van der Waals surface area (Å²) in [5.74, 6) is -0.542. The van der Waals surface area contributed by atoms with Gasteiger partial charge in [0.25, 0.3) is 5.91 Å². The molecule has 0 bridgehead atoms. The van der Waals surface area contributed by atoms with E-state index in [1.807, 2.05) is 0 Å². The molecule has 3 atom stereocenters. The van der Waals surface area contributed by atoms with Gasteiger partial charge in [-0.05, 0) is 36.8 Å². The fourth-order valence-electron chi connectivity index (χ4n) is 3.58. The lowest BCUT2D eigenvalue weighted by molar-refractivity contribution is -0.124. The molecule has 6 heteroatoms. The Kier molecular flexibility index (Phi) is 3.76. The van der Waals surface area contributed by atoms with Crippen molar-refractivity contribution in [1.82, 2.24) is 10.2 Å². The highest BCUT2D eigenvalue weighted by atomic mass is 19.1. The molecule has 0 spiro atoms. The first kappa shape index (κ1) is 14.8. The summed E-state index contributed by atoms with van der Waals surface area (Å²) in [5, 5.41) is 12.1. The van der Waals surface area contributed by atoms with Crippen LogP contribution in [0.5, 0.6) is 5.75 Å². The Bertz CT molecular complexity index is 619. The fraction of sp³-hybridized carbons (Fsp3) is 0.500. The summed E-state index contributed by atoms with van der Waals surface area (Å²) >= 11 is 0. The molecule has 2 N–H and O–H groups in total. The normalized spacial score (nSPS) is 27.2. The second-order valence-electron chi connectivity index (χ2n) is 6.23. The Hall–Kier alpha value is -2.11. The average Bonchev–Trinajstić information content (AvgIpc) is 2.88. The van der Waals surface area contributed by atoms with Gasteiger partial charge in [-0.1, -0.05) is 0 Å². The number of hydrogen-bond acceptors (Lipinski definition) is 3. The predicted molar refractivity (Wildman–Crippen MR) is 77.8 cm³/mol. The Labute approximate surface area is 128 Å². The van der Waals surface area contributed by atoms with E-state index in [0.717, 1.165) is 18.9 Å². The molecular formula is C16H19FN2O3. The third-order valence-corrected chi connectivity index (χ3v) is 4.88. The van der Waals surface area contributed by atoms with Gasteiger partial charge >= 0.3 is 0 Å². The van der Waals surface area contributed by atoms with Crippen molar-refractivity contribution >= 4 is 11.8 Å². The van der Waals surface area contributed by atoms with Crippen molar-refractivity contribution in [2.45, 2.75) is 25.3 Å². The molecule has 1 aliphatic heterocycles. The highest BCUT2D eigenvalue weighted by Gasteiger charge is 2.40. The van der Waals surface area contributed by atoms with Gasteiger partial charge in [0.15, 0.2) is 0 Å². The zero-order valence-electron chi connectivity index (χ0n) is 12.4. The number of carbonyl (C=O) groups is 2. The van der Waals surface area contributed by atoms with Gasteiger partial charge in [0.05, 0.1) is 5.56 Å². The summed E-state index contributed by atoms with van der Waals surface area (Å²) in [4.78, 5) is 25.5. The number of nitrogens with one attached hydrogen (secondary N) is 1. The molecule has 1 aromatic carbocycles. The molecular weight excluding hydrogens is 287 g/mol. The number of aromatic hydroxyl groups is 1. The molecule has 118 valence electrons. The van der Waals surface area contributed by atoms with Crippen molar-refractivity contribution in [2.75, 3.05) is 13.6 Å². The van der Waals surface area contributed by atoms with E-state index < -0.39 is 5.82 Å². The summed E-state index contributed by atoms with van der Waals surface area (Å²) < 4.78 is 13.8. The van der Waals surface area contributed by atoms with E-state index in [9.17, 15) is 19.1 Å². The van der Waals surface area contributed by atoms with Crippen LogP contribution in [0, 0.1) is 17.7 Å². The molecule has 2 aliphatic rings. The summed E-state index contributed by atoms with van der Waals surface area (Å²) in [7, 11) is 1.67. The molecule has 0 radical (unpaired) electrons. The van der Waals surface area contributed by atoms with Crippen LogP contribution in [0.4, 0.5) is 4.39 Å². The molecule has 22 heavy (non-hydrogen) atoms. The van der Waals surface area contributed by atoms with Crippen LogP contribution in [0.25, 0.3) is 0 Å². The highest BCUT2D eigenvalue weighted by molar-refractivity contribution is 5.94. The Balaban J connectivity index is 1.72. The van der Waals surface area contributed by atoms with Crippen molar-refractivity contribution in [3.05, 3.63) is 29.6 Å². The number of benzene rings is 1. The molecule has 1 saturated heterocycles. The number of piperidine rings is 1. The third-order valence-electron chi connectivity index (χ3n) is 4.88. The number of phenolic OH excluding ortho intramolecular Hbond substituents is 1. The maximum absolute atomic E-state index is 13.8. The maximum atomic E-state index is 13.8. The van der Waals surface area contributed by atoms with Gasteiger partial charge in [-0.15, -0.1) is 0 Å². The first-order chi connectivity index (χ1) is 10.5. The van der Waals surface area contributed by atoms with Gasteiger partial charge in [0.1, 0.15) is 11.6 Å². The molecule has 3 rings (SSSR count). The second-order valence-corrected chi connectivity index (χ2v) is 6.23. The van der Waals surface area contributed by atoms with E-state index in [0.29, 0.717) is 24.8 Å². The van der Waals surface area contributed by atoms with Gasteiger partial charge in [-0.2, -0.15) is 0 Å². The van der Waals surface area contributed by atoms with Gasteiger partial charge in [0, 0.05) is 32.1 Å². The largest absolute Gasteiger partial charge is 0.508 e. The lowest BCUT2D eigenvalue weighted by Crippen LogP contribution is -2.38. The molecule has 0 unspecified atom stereocenters. The SMILES string of the molecule is CN(C(=O)c1ccc(O)cc1F)[C@H]1C[C@H]2CNC(=O)C[C@H]2C1. The lowest BCUT2D eigenvalue weighted by atomic mass is 9.89. The van der Waals surface area contributed by atoms with Crippen LogP contribution < -0.4 is 5.32 Å². The van der Waals surface area contributed by atoms with Crippen LogP contribution in [0.2, 0.25) is 0 Å². The minimum atomic E-state index is -0.718. The van der Waals surface area contributed by atoms with Crippen LogP contribution in [-0.4, -0.2) is 41.5 Å². The highest BCUT2D eigenvalue weighted by Crippen LogP contribution is 2.38. The van der Waals surface area contributed by atoms with Crippen LogP contribution in [0.3, 0.4) is 0 Å². The molecule has 0 aromatic heterocycles. The van der Waals surface area contributed by atoms with Gasteiger partial charge in [0.2, 0.25) is 5.91 Å². The maximum Gasteiger partial charge on any atom is 0.256 e. The van der Waals surface area contributed by atoms with Crippen molar-refractivity contribution in [2.24, 2.45) is 11.8 Å². The van der Waals surface area contributed by atoms with E-state index in [4.69, 9.17) is 0 Å². The van der Waals surface area contributed by atoms with Crippen molar-refractivity contribution in [3.63, 3.8) is 0 Å². The second kappa shape index (κ2) is 5.59. The first-order valence-corrected chi connectivity index (χ1v) is 7.48. The number of nitrogens with zero attached hydrogens (tertiary/aromatic N) is 1. The first-order valence-electron chi connectivity index (χ1n) is 7.48. The quantitative estimate of drug-likeness (QED) is 0.870. The Morgan fingerprint density at radius 3 is 2.82 bits per heavy atom. The summed E-state index contributed by atoms with van der Waals surface area (Å²) in [6.07, 6.45) is 2.11. The summed E-state index contributed by atoms with van der Waals surface area (Å²) in [6, 6.07) is 3.57. The van der Waals surface area contributed by atoms with E-state index >= 15 is 0 Å². The zero-order valence-corrected chi connectivity index (χ0v) is 12.4. The van der Waals surface area contributed by atoms with E-state index in [-0.39, 0.29) is 29.2 Å². The lowest BCUT2D eigenvalue weighted by Gasteiger charge is -2.25. The minimum absolute atomic E-state index is 0.0170. The van der Waals surface area contributed by atoms with Crippen LogP contribution in [-0.2, 0) is 4.79 Å². The third kappa shape index (κ3) is 2.65. The monoisotopic (exact) mass is 306 g/mol. The molecule has 1 aromatic rings. The molecule has 2 amide bonds. The smallest absolute Gasteiger partial charge is 0.256 e. The molecule has 2 fully saturated rings. The summed E-state index contributed by atoms with van der Waals surface area (Å²) in [5.41, 5.74) is -0.0376. The van der Waals surface area contributed by atoms with E-state index in [2.05, 4.69) is 5.32 Å². The van der Waals surface area contributed by atoms with E-state index in [1.165, 1.54) is 12.1 Å². The topological polar surface area (TPSA) is 69.6 Å². The Morgan fingerprint density at radius 2 is 2.09 bits per heavy atom. The van der Waals surface area contributed by atoms with Crippen LogP contribution in [0.15, 0.2) is 18.2 Å². The summed E-state index contributed by atoms with van der Waals surface area (Å²) in [6.45, 7) is 0.662. The number of carbonyl (C=O) groups excluding carboxylic acids is 2. The van der Waals surface area contributed by atoms with Gasteiger partial charge < -0.3 is 15.3 Å². The van der Waals surface area contributed by atoms with Crippen LogP contribution >= 0.6 is 0 Å². The standard InChI is InChI=1S/C16H19FN2O3/c1-19(16(22)13-3-2-12(20)7-14(13)17)11-4-9-6-15(21)18-8-10(9)5-11/h2-3,7,9-11,20H,4-6,8H2,1H3,(H,18,21)/t9-,10+,11-/m1/s1. The molecule has 1 aliphatic carbocycles. The van der Waals surface area contributed by atoms with Crippen molar-refractivity contribution in [3.8, 4) is 5.75 Å². The van der Waals surface area contributed by atoms with Gasteiger partial charge in [-0.3, -0.25) is 9.59 Å². The number of amides is 2. The number of hydrogen-bond donors (Lipinski definition) is 2. The zero-order chi connectivity index (χ0) is 15.9. The molecule has 1 saturated carbocycles. The minimum Gasteiger partial charge on any atom is -0.508 e. The van der Waals surface area contributed by atoms with Gasteiger partial charge in [-0.25, -0.2) is 4.39 Å². The van der Waals surface area contributed by atoms with Crippen molar-refractivity contribution in [1.29, 1.82) is 0 Å². The molecule has 1 heterocycles. The average molecular weight is 306 g/mol. The predicted octanol–water partition coefficient (Wildman–Crippen LogP) is 1.52. The number of phenols is 1. The fourth-order valence-corrected chi connectivity index (χ4v) is 3.58. The van der Waals surface area contributed by atoms with Crippen molar-refractivity contribution < 1.29 is 19.1 Å². The number of rotatable bonds is 2. The number of fused-ring (bicyclic) bond motifs is 1. The van der Waals surface area contributed by atoms with Crippen LogP contribution in [0.1, 0.15) is 29.6 Å². The Morgan fingerprint density at radius 1 is 1.36 bits per heavy atom. The molecule has 5 nitrogen and oxygen atoms in total. The number of halogens is 1.